The third-order valence-electron chi connectivity index (χ3n) is 6.21. The second-order valence-electron chi connectivity index (χ2n) is 8.88. The van der Waals surface area contributed by atoms with Crippen LogP contribution in [0.2, 0.25) is 0 Å². The van der Waals surface area contributed by atoms with Gasteiger partial charge in [-0.25, -0.2) is 4.90 Å². The van der Waals surface area contributed by atoms with Gasteiger partial charge >= 0.3 is 0 Å². The van der Waals surface area contributed by atoms with E-state index in [1.54, 1.807) is 66.7 Å². The number of benzene rings is 4. The topological polar surface area (TPSA) is 97.0 Å². The lowest BCUT2D eigenvalue weighted by Gasteiger charge is -2.16. The first-order valence-corrected chi connectivity index (χ1v) is 12.7. The van der Waals surface area contributed by atoms with E-state index in [2.05, 4.69) is 10.6 Å². The molecule has 0 saturated carbocycles. The smallest absolute Gasteiger partial charge is 0.283 e. The number of hydrogen-bond acceptors (Lipinski definition) is 6. The van der Waals surface area contributed by atoms with Crippen molar-refractivity contribution in [3.63, 3.8) is 0 Å². The van der Waals surface area contributed by atoms with Gasteiger partial charge in [0.2, 0.25) is 0 Å². The van der Waals surface area contributed by atoms with Crippen LogP contribution >= 0.6 is 11.6 Å². The highest BCUT2D eigenvalue weighted by Crippen LogP contribution is 2.32. The molecule has 0 atom stereocenters. The Morgan fingerprint density at radius 3 is 2.12 bits per heavy atom. The Balaban J connectivity index is 1.29. The zero-order valence-electron chi connectivity index (χ0n) is 21.6. The summed E-state index contributed by atoms with van der Waals surface area (Å²) in [6, 6.07) is 27.9. The number of halogens is 1. The van der Waals surface area contributed by atoms with Crippen molar-refractivity contribution in [1.29, 1.82) is 0 Å². The first kappa shape index (κ1) is 26.5. The van der Waals surface area contributed by atoms with Crippen molar-refractivity contribution >= 4 is 46.4 Å². The molecule has 0 spiro atoms. The predicted molar refractivity (Wildman–Crippen MR) is 154 cm³/mol. The Labute approximate surface area is 235 Å². The fourth-order valence-electron chi connectivity index (χ4n) is 4.04. The van der Waals surface area contributed by atoms with E-state index in [0.29, 0.717) is 39.9 Å². The van der Waals surface area contributed by atoms with Gasteiger partial charge in [0.15, 0.2) is 0 Å². The molecule has 1 aliphatic heterocycles. The first-order valence-electron chi connectivity index (χ1n) is 12.3. The molecule has 8 nitrogen and oxygen atoms in total. The number of ether oxygens (including phenoxy) is 2. The van der Waals surface area contributed by atoms with Crippen molar-refractivity contribution in [2.24, 2.45) is 0 Å². The molecule has 0 aromatic heterocycles. The van der Waals surface area contributed by atoms with Crippen molar-refractivity contribution in [3.05, 3.63) is 119 Å². The average Bonchev–Trinajstić information content (AvgIpc) is 3.18. The minimum Gasteiger partial charge on any atom is -0.497 e. The molecule has 4 aromatic carbocycles. The number of methoxy groups -OCH3 is 1. The van der Waals surface area contributed by atoms with E-state index in [4.69, 9.17) is 21.1 Å². The number of para-hydroxylation sites is 1. The van der Waals surface area contributed by atoms with E-state index in [-0.39, 0.29) is 16.6 Å². The number of hydrogen-bond donors (Lipinski definition) is 2. The highest BCUT2D eigenvalue weighted by Gasteiger charge is 2.39. The van der Waals surface area contributed by atoms with E-state index in [1.165, 1.54) is 7.11 Å². The molecular formula is C31H24ClN3O5. The maximum absolute atomic E-state index is 13.2. The van der Waals surface area contributed by atoms with Crippen LogP contribution in [0, 0.1) is 6.92 Å². The predicted octanol–water partition coefficient (Wildman–Crippen LogP) is 6.48. The molecule has 9 heteroatoms. The summed E-state index contributed by atoms with van der Waals surface area (Å²) in [5.74, 6) is 0.327. The third kappa shape index (κ3) is 5.52. The van der Waals surface area contributed by atoms with Gasteiger partial charge in [-0.15, -0.1) is 0 Å². The molecule has 0 saturated heterocycles. The second-order valence-corrected chi connectivity index (χ2v) is 9.26. The van der Waals surface area contributed by atoms with Gasteiger partial charge in [-0.1, -0.05) is 35.9 Å². The van der Waals surface area contributed by atoms with Crippen LogP contribution in [0.1, 0.15) is 15.9 Å². The molecule has 4 aromatic rings. The lowest BCUT2D eigenvalue weighted by Crippen LogP contribution is -2.32. The molecule has 0 bridgehead atoms. The van der Waals surface area contributed by atoms with Gasteiger partial charge in [-0.2, -0.15) is 0 Å². The number of nitrogens with one attached hydrogen (secondary N) is 2. The normalized spacial score (nSPS) is 12.9. The Kier molecular flexibility index (Phi) is 7.52. The van der Waals surface area contributed by atoms with Gasteiger partial charge in [0, 0.05) is 16.9 Å². The summed E-state index contributed by atoms with van der Waals surface area (Å²) in [5.41, 5.74) is 2.42. The minimum atomic E-state index is -0.648. The standard InChI is InChI=1S/C31H24ClN3O5/c1-19-8-9-20(29(36)33-21-10-14-25(15-11-21)40-24-6-4-3-5-7-24)18-26(19)34-28-27(32)30(37)35(31(28)38)22-12-16-23(39-2)17-13-22/h3-18,34H,1-2H3,(H,33,36). The largest absolute Gasteiger partial charge is 0.497 e. The number of rotatable bonds is 8. The first-order chi connectivity index (χ1) is 19.3. The van der Waals surface area contributed by atoms with Crippen molar-refractivity contribution in [2.45, 2.75) is 6.92 Å². The molecular weight excluding hydrogens is 530 g/mol. The molecule has 0 aliphatic carbocycles. The molecule has 40 heavy (non-hydrogen) atoms. The molecule has 200 valence electrons. The number of imide groups is 1. The van der Waals surface area contributed by atoms with E-state index in [0.717, 1.165) is 10.5 Å². The van der Waals surface area contributed by atoms with Crippen LogP contribution in [0.5, 0.6) is 17.2 Å². The van der Waals surface area contributed by atoms with Crippen LogP contribution in [0.15, 0.2) is 108 Å². The van der Waals surface area contributed by atoms with Gasteiger partial charge in [-0.3, -0.25) is 14.4 Å². The fraction of sp³-hybridized carbons (Fsp3) is 0.0645. The lowest BCUT2D eigenvalue weighted by molar-refractivity contribution is -0.120. The number of carbonyl (C=O) groups excluding carboxylic acids is 3. The summed E-state index contributed by atoms with van der Waals surface area (Å²) in [7, 11) is 1.52. The van der Waals surface area contributed by atoms with Crippen LogP contribution in [0.25, 0.3) is 0 Å². The molecule has 2 N–H and O–H groups in total. The third-order valence-corrected chi connectivity index (χ3v) is 6.56. The number of anilines is 3. The Hall–Kier alpha value is -5.08. The number of amides is 3. The molecule has 1 aliphatic rings. The van der Waals surface area contributed by atoms with Gasteiger partial charge in [0.1, 0.15) is 28.0 Å². The highest BCUT2D eigenvalue weighted by molar-refractivity contribution is 6.53. The van der Waals surface area contributed by atoms with Crippen LogP contribution in [0.4, 0.5) is 17.1 Å². The summed E-state index contributed by atoms with van der Waals surface area (Å²) < 4.78 is 10.9. The zero-order valence-corrected chi connectivity index (χ0v) is 22.4. The van der Waals surface area contributed by atoms with Crippen LogP contribution < -0.4 is 25.0 Å². The second kappa shape index (κ2) is 11.3. The molecule has 3 amide bonds. The van der Waals surface area contributed by atoms with E-state index < -0.39 is 11.8 Å². The maximum atomic E-state index is 13.2. The molecule has 1 heterocycles. The molecule has 0 radical (unpaired) electrons. The summed E-state index contributed by atoms with van der Waals surface area (Å²) in [6.07, 6.45) is 0. The summed E-state index contributed by atoms with van der Waals surface area (Å²) in [4.78, 5) is 40.0. The molecule has 0 fully saturated rings. The van der Waals surface area contributed by atoms with Crippen molar-refractivity contribution in [1.82, 2.24) is 0 Å². The maximum Gasteiger partial charge on any atom is 0.283 e. The number of nitrogens with zero attached hydrogens (tertiary/aromatic N) is 1. The van der Waals surface area contributed by atoms with Crippen LogP contribution in [-0.2, 0) is 9.59 Å². The zero-order chi connectivity index (χ0) is 28.2. The monoisotopic (exact) mass is 553 g/mol. The highest BCUT2D eigenvalue weighted by atomic mass is 35.5. The Morgan fingerprint density at radius 2 is 1.45 bits per heavy atom. The van der Waals surface area contributed by atoms with Gasteiger partial charge < -0.3 is 20.1 Å². The fourth-order valence-corrected chi connectivity index (χ4v) is 4.26. The minimum absolute atomic E-state index is 0.0721. The Morgan fingerprint density at radius 1 is 0.800 bits per heavy atom. The average molecular weight is 554 g/mol. The van der Waals surface area contributed by atoms with Gasteiger partial charge in [-0.05, 0) is 85.3 Å². The summed E-state index contributed by atoms with van der Waals surface area (Å²) in [5, 5.41) is 5.58. The molecule has 5 rings (SSSR count). The summed E-state index contributed by atoms with van der Waals surface area (Å²) >= 11 is 6.29. The van der Waals surface area contributed by atoms with Crippen LogP contribution in [-0.4, -0.2) is 24.8 Å². The van der Waals surface area contributed by atoms with Crippen LogP contribution in [0.3, 0.4) is 0 Å². The number of aryl methyl sites for hydroxylation is 1. The molecule has 0 unspecified atom stereocenters. The van der Waals surface area contributed by atoms with Crippen molar-refractivity contribution < 1.29 is 23.9 Å². The van der Waals surface area contributed by atoms with Gasteiger partial charge in [0.25, 0.3) is 17.7 Å². The summed E-state index contributed by atoms with van der Waals surface area (Å²) in [6.45, 7) is 1.81. The SMILES string of the molecule is COc1ccc(N2C(=O)C(Cl)=C(Nc3cc(C(=O)Nc4ccc(Oc5ccccc5)cc4)ccc3C)C2=O)cc1. The quantitative estimate of drug-likeness (QED) is 0.242. The van der Waals surface area contributed by atoms with Crippen molar-refractivity contribution in [2.75, 3.05) is 22.6 Å². The van der Waals surface area contributed by atoms with Crippen molar-refractivity contribution in [3.8, 4) is 17.2 Å². The van der Waals surface area contributed by atoms with E-state index in [9.17, 15) is 14.4 Å². The Bertz CT molecular complexity index is 1620. The lowest BCUT2D eigenvalue weighted by atomic mass is 10.1. The number of carbonyl (C=O) groups is 3. The van der Waals surface area contributed by atoms with E-state index in [1.807, 2.05) is 37.3 Å². The van der Waals surface area contributed by atoms with Gasteiger partial charge in [0.05, 0.1) is 12.8 Å². The van der Waals surface area contributed by atoms with E-state index >= 15 is 0 Å².